The van der Waals surface area contributed by atoms with E-state index in [1.54, 1.807) is 17.5 Å². The minimum atomic E-state index is 0.171. The Bertz CT molecular complexity index is 713. The van der Waals surface area contributed by atoms with Gasteiger partial charge in [-0.05, 0) is 40.5 Å². The number of thiophene rings is 1. The number of hydrogen-bond acceptors (Lipinski definition) is 6. The van der Waals surface area contributed by atoms with Gasteiger partial charge in [0.25, 0.3) is 0 Å². The van der Waals surface area contributed by atoms with Crippen molar-refractivity contribution in [2.24, 2.45) is 0 Å². The highest BCUT2D eigenvalue weighted by Crippen LogP contribution is 2.27. The van der Waals surface area contributed by atoms with Crippen LogP contribution in [0.25, 0.3) is 10.7 Å². The summed E-state index contributed by atoms with van der Waals surface area (Å²) in [7, 11) is 0. The Balaban J connectivity index is 1.63. The van der Waals surface area contributed by atoms with Crippen LogP contribution in [0.1, 0.15) is 24.4 Å². The van der Waals surface area contributed by atoms with E-state index < -0.39 is 0 Å². The van der Waals surface area contributed by atoms with Crippen molar-refractivity contribution in [2.75, 3.05) is 0 Å². The second-order valence-electron chi connectivity index (χ2n) is 4.53. The second kappa shape index (κ2) is 6.46. The third kappa shape index (κ3) is 3.55. The minimum absolute atomic E-state index is 0.171. The molecule has 0 aliphatic rings. The minimum Gasteiger partial charge on any atom is -0.338 e. The predicted octanol–water partition coefficient (Wildman–Crippen LogP) is 3.81. The lowest BCUT2D eigenvalue weighted by Gasteiger charge is -2.11. The Morgan fingerprint density at radius 2 is 2.38 bits per heavy atom. The van der Waals surface area contributed by atoms with Crippen molar-refractivity contribution in [3.63, 3.8) is 0 Å². The fraction of sp³-hybridized carbons (Fsp3) is 0.214. The molecular formula is C14H13BrN4OS. The molecule has 0 aromatic carbocycles. The molecule has 0 fully saturated rings. The molecule has 1 unspecified atom stereocenters. The Hall–Kier alpha value is -1.57. The van der Waals surface area contributed by atoms with E-state index in [4.69, 9.17) is 4.52 Å². The average molecular weight is 365 g/mol. The first-order valence-electron chi connectivity index (χ1n) is 6.42. The lowest BCUT2D eigenvalue weighted by atomic mass is 10.1. The van der Waals surface area contributed by atoms with Crippen molar-refractivity contribution in [1.82, 2.24) is 20.4 Å². The van der Waals surface area contributed by atoms with Crippen LogP contribution in [0.2, 0.25) is 0 Å². The Labute approximate surface area is 134 Å². The first-order valence-corrected chi connectivity index (χ1v) is 8.10. The Kier molecular flexibility index (Phi) is 4.42. The van der Waals surface area contributed by atoms with Gasteiger partial charge in [0.05, 0.1) is 11.4 Å². The number of nitrogens with one attached hydrogen (secondary N) is 1. The number of aromatic nitrogens is 3. The molecule has 3 rings (SSSR count). The fourth-order valence-corrected chi connectivity index (χ4v) is 3.20. The van der Waals surface area contributed by atoms with E-state index in [-0.39, 0.29) is 6.04 Å². The van der Waals surface area contributed by atoms with Gasteiger partial charge in [0, 0.05) is 28.3 Å². The molecule has 5 nitrogen and oxygen atoms in total. The molecule has 0 aliphatic heterocycles. The zero-order chi connectivity index (χ0) is 14.7. The van der Waals surface area contributed by atoms with E-state index in [1.165, 1.54) is 0 Å². The molecule has 7 heteroatoms. The average Bonchev–Trinajstić information content (AvgIpc) is 3.14. The van der Waals surface area contributed by atoms with Crippen molar-refractivity contribution >= 4 is 27.3 Å². The van der Waals surface area contributed by atoms with Crippen molar-refractivity contribution in [3.8, 4) is 10.7 Å². The summed E-state index contributed by atoms with van der Waals surface area (Å²) in [6, 6.07) is 6.11. The number of pyridine rings is 1. The van der Waals surface area contributed by atoms with Gasteiger partial charge < -0.3 is 9.84 Å². The molecule has 21 heavy (non-hydrogen) atoms. The van der Waals surface area contributed by atoms with Crippen LogP contribution in [-0.2, 0) is 6.54 Å². The molecule has 108 valence electrons. The maximum atomic E-state index is 5.27. The molecule has 0 bridgehead atoms. The van der Waals surface area contributed by atoms with Gasteiger partial charge in [-0.3, -0.25) is 4.98 Å². The van der Waals surface area contributed by atoms with Gasteiger partial charge in [0.1, 0.15) is 0 Å². The number of halogens is 1. The number of rotatable bonds is 5. The predicted molar refractivity (Wildman–Crippen MR) is 84.8 cm³/mol. The fourth-order valence-electron chi connectivity index (χ4n) is 1.85. The smallest absolute Gasteiger partial charge is 0.240 e. The van der Waals surface area contributed by atoms with Crippen molar-refractivity contribution in [2.45, 2.75) is 19.5 Å². The second-order valence-corrected chi connectivity index (χ2v) is 6.36. The molecule has 0 aliphatic carbocycles. The molecule has 3 aromatic heterocycles. The van der Waals surface area contributed by atoms with E-state index in [0.29, 0.717) is 18.3 Å². The molecule has 1 atom stereocenters. The van der Waals surface area contributed by atoms with E-state index in [2.05, 4.69) is 43.3 Å². The zero-order valence-corrected chi connectivity index (χ0v) is 13.7. The first kappa shape index (κ1) is 14.4. The molecule has 1 N–H and O–H groups in total. The van der Waals surface area contributed by atoms with Crippen LogP contribution in [0.4, 0.5) is 0 Å². The van der Waals surface area contributed by atoms with E-state index in [9.17, 15) is 0 Å². The summed E-state index contributed by atoms with van der Waals surface area (Å²) in [5.74, 6) is 1.20. The summed E-state index contributed by atoms with van der Waals surface area (Å²) in [6.07, 6.45) is 3.61. The van der Waals surface area contributed by atoms with Crippen LogP contribution in [-0.4, -0.2) is 15.1 Å². The highest BCUT2D eigenvalue weighted by atomic mass is 79.9. The Morgan fingerprint density at radius 1 is 1.48 bits per heavy atom. The van der Waals surface area contributed by atoms with Gasteiger partial charge in [0.2, 0.25) is 11.7 Å². The molecule has 3 aromatic rings. The molecule has 0 saturated heterocycles. The van der Waals surface area contributed by atoms with Crippen molar-refractivity contribution in [1.29, 1.82) is 0 Å². The molecule has 0 radical (unpaired) electrons. The summed E-state index contributed by atoms with van der Waals surface area (Å²) < 4.78 is 6.29. The number of hydrogen-bond donors (Lipinski definition) is 1. The highest BCUT2D eigenvalue weighted by molar-refractivity contribution is 9.10. The molecule has 3 heterocycles. The van der Waals surface area contributed by atoms with Crippen molar-refractivity contribution < 1.29 is 4.52 Å². The van der Waals surface area contributed by atoms with Gasteiger partial charge in [-0.2, -0.15) is 4.98 Å². The number of nitrogens with zero attached hydrogens (tertiary/aromatic N) is 3. The lowest BCUT2D eigenvalue weighted by Crippen LogP contribution is -2.18. The van der Waals surface area contributed by atoms with Gasteiger partial charge in [-0.25, -0.2) is 0 Å². The highest BCUT2D eigenvalue weighted by Gasteiger charge is 2.12. The largest absolute Gasteiger partial charge is 0.338 e. The van der Waals surface area contributed by atoms with Gasteiger partial charge in [-0.1, -0.05) is 11.2 Å². The Morgan fingerprint density at radius 3 is 3.10 bits per heavy atom. The van der Waals surface area contributed by atoms with Crippen LogP contribution < -0.4 is 5.32 Å². The van der Waals surface area contributed by atoms with E-state index in [0.717, 1.165) is 14.9 Å². The SMILES string of the molecule is CC(NCc1nc(-c2cc(Br)cs2)no1)c1cccnc1. The first-order chi connectivity index (χ1) is 10.2. The molecular weight excluding hydrogens is 352 g/mol. The molecule has 0 amide bonds. The van der Waals surface area contributed by atoms with E-state index in [1.807, 2.05) is 29.8 Å². The van der Waals surface area contributed by atoms with E-state index >= 15 is 0 Å². The lowest BCUT2D eigenvalue weighted by molar-refractivity contribution is 0.360. The summed E-state index contributed by atoms with van der Waals surface area (Å²) in [5, 5.41) is 9.34. The normalized spacial score (nSPS) is 12.5. The summed E-state index contributed by atoms with van der Waals surface area (Å²) >= 11 is 4.99. The third-order valence-electron chi connectivity index (χ3n) is 3.00. The van der Waals surface area contributed by atoms with Crippen molar-refractivity contribution in [3.05, 3.63) is 51.9 Å². The standard InChI is InChI=1S/C14H13BrN4OS/c1-9(10-3-2-4-16-6-10)17-7-13-18-14(19-20-13)12-5-11(15)8-21-12/h2-6,8-9,17H,7H2,1H3. The monoisotopic (exact) mass is 364 g/mol. The van der Waals surface area contributed by atoms with Gasteiger partial charge in [0.15, 0.2) is 0 Å². The zero-order valence-electron chi connectivity index (χ0n) is 11.3. The maximum Gasteiger partial charge on any atom is 0.240 e. The van der Waals surface area contributed by atoms with Crippen LogP contribution in [0.3, 0.4) is 0 Å². The quantitative estimate of drug-likeness (QED) is 0.745. The summed E-state index contributed by atoms with van der Waals surface area (Å²) in [6.45, 7) is 2.60. The summed E-state index contributed by atoms with van der Waals surface area (Å²) in [4.78, 5) is 9.49. The van der Waals surface area contributed by atoms with Gasteiger partial charge >= 0.3 is 0 Å². The molecule has 0 saturated carbocycles. The van der Waals surface area contributed by atoms with Crippen LogP contribution in [0.15, 0.2) is 45.0 Å². The van der Waals surface area contributed by atoms with Gasteiger partial charge in [-0.15, -0.1) is 11.3 Å². The van der Waals surface area contributed by atoms with Crippen LogP contribution in [0.5, 0.6) is 0 Å². The van der Waals surface area contributed by atoms with Crippen LogP contribution in [0, 0.1) is 0 Å². The maximum absolute atomic E-state index is 5.27. The third-order valence-corrected chi connectivity index (χ3v) is 4.69. The summed E-state index contributed by atoms with van der Waals surface area (Å²) in [5.41, 5.74) is 1.12. The molecule has 0 spiro atoms. The van der Waals surface area contributed by atoms with Crippen LogP contribution >= 0.6 is 27.3 Å². The topological polar surface area (TPSA) is 63.8 Å².